The molecule has 0 aromatic heterocycles. The molecule has 1 heterocycles. The Kier molecular flexibility index (Phi) is 4.31. The predicted octanol–water partition coefficient (Wildman–Crippen LogP) is 2.00. The molecule has 0 saturated heterocycles. The van der Waals surface area contributed by atoms with Gasteiger partial charge in [-0.3, -0.25) is 4.79 Å². The highest BCUT2D eigenvalue weighted by Crippen LogP contribution is 2.34. The number of hydrogen-bond acceptors (Lipinski definition) is 5. The van der Waals surface area contributed by atoms with Crippen LogP contribution in [0.2, 0.25) is 0 Å². The van der Waals surface area contributed by atoms with E-state index in [-0.39, 0.29) is 12.7 Å². The summed E-state index contributed by atoms with van der Waals surface area (Å²) >= 11 is 1.44. The Bertz CT molecular complexity index is 485. The minimum absolute atomic E-state index is 0.0863. The van der Waals surface area contributed by atoms with Crippen LogP contribution in [0.1, 0.15) is 6.42 Å². The number of ether oxygens (including phenoxy) is 2. The van der Waals surface area contributed by atoms with Gasteiger partial charge in [0, 0.05) is 23.9 Å². The predicted molar refractivity (Wildman–Crippen MR) is 68.7 cm³/mol. The number of rotatable bonds is 5. The van der Waals surface area contributed by atoms with Crippen LogP contribution in [-0.2, 0) is 4.79 Å². The van der Waals surface area contributed by atoms with Crippen LogP contribution >= 0.6 is 11.8 Å². The summed E-state index contributed by atoms with van der Waals surface area (Å²) in [7, 11) is 0. The van der Waals surface area contributed by atoms with Crippen LogP contribution in [0, 0.1) is 11.3 Å². The van der Waals surface area contributed by atoms with Crippen molar-refractivity contribution in [2.75, 3.05) is 23.6 Å². The summed E-state index contributed by atoms with van der Waals surface area (Å²) in [6.07, 6.45) is 0.460. The van der Waals surface area contributed by atoms with Crippen LogP contribution in [0.25, 0.3) is 0 Å². The first-order chi connectivity index (χ1) is 8.79. The van der Waals surface area contributed by atoms with E-state index in [4.69, 9.17) is 14.7 Å². The molecular formula is C12H12N2O3S. The molecule has 0 atom stereocenters. The normalized spacial score (nSPS) is 11.9. The lowest BCUT2D eigenvalue weighted by Gasteiger charge is -2.05. The molecule has 1 N–H and O–H groups in total. The largest absolute Gasteiger partial charge is 0.454 e. The van der Waals surface area contributed by atoms with E-state index in [9.17, 15) is 4.79 Å². The summed E-state index contributed by atoms with van der Waals surface area (Å²) in [6.45, 7) is 0.219. The van der Waals surface area contributed by atoms with Crippen molar-refractivity contribution in [3.05, 3.63) is 18.2 Å². The highest BCUT2D eigenvalue weighted by molar-refractivity contribution is 7.99. The molecule has 1 aliphatic heterocycles. The number of fused-ring (bicyclic) bond motifs is 1. The van der Waals surface area contributed by atoms with Gasteiger partial charge in [-0.25, -0.2) is 0 Å². The van der Waals surface area contributed by atoms with E-state index in [0.29, 0.717) is 35.1 Å². The van der Waals surface area contributed by atoms with Crippen LogP contribution in [-0.4, -0.2) is 24.2 Å². The molecule has 2 rings (SSSR count). The van der Waals surface area contributed by atoms with Crippen LogP contribution in [0.4, 0.5) is 5.69 Å². The van der Waals surface area contributed by atoms with Crippen molar-refractivity contribution >= 4 is 23.4 Å². The Hall–Kier alpha value is -1.87. The number of anilines is 1. The number of thioether (sulfide) groups is 1. The number of nitrogens with one attached hydrogen (secondary N) is 1. The van der Waals surface area contributed by atoms with Crippen molar-refractivity contribution < 1.29 is 14.3 Å². The monoisotopic (exact) mass is 264 g/mol. The van der Waals surface area contributed by atoms with Crippen molar-refractivity contribution in [3.63, 3.8) is 0 Å². The first-order valence-corrected chi connectivity index (χ1v) is 6.59. The van der Waals surface area contributed by atoms with Crippen molar-refractivity contribution in [3.8, 4) is 17.6 Å². The lowest BCUT2D eigenvalue weighted by Crippen LogP contribution is -2.14. The van der Waals surface area contributed by atoms with Crippen molar-refractivity contribution in [1.29, 1.82) is 5.26 Å². The number of carbonyl (C=O) groups excluding carboxylic acids is 1. The van der Waals surface area contributed by atoms with Crippen molar-refractivity contribution in [1.82, 2.24) is 0 Å². The second-order valence-electron chi connectivity index (χ2n) is 3.58. The second-order valence-corrected chi connectivity index (χ2v) is 4.68. The SMILES string of the molecule is N#CCCSCC(=O)Nc1ccc2c(c1)OCO2. The summed E-state index contributed by atoms with van der Waals surface area (Å²) in [5.74, 6) is 2.26. The van der Waals surface area contributed by atoms with E-state index in [2.05, 4.69) is 5.32 Å². The molecule has 0 bridgehead atoms. The standard InChI is InChI=1S/C12H12N2O3S/c13-4-1-5-18-7-12(15)14-9-2-3-10-11(6-9)17-8-16-10/h2-3,6H,1,5,7-8H2,(H,14,15). The van der Waals surface area contributed by atoms with E-state index >= 15 is 0 Å². The molecule has 6 heteroatoms. The molecule has 94 valence electrons. The highest BCUT2D eigenvalue weighted by atomic mass is 32.2. The van der Waals surface area contributed by atoms with E-state index in [1.54, 1.807) is 18.2 Å². The lowest BCUT2D eigenvalue weighted by molar-refractivity contribution is -0.113. The molecule has 5 nitrogen and oxygen atoms in total. The molecule has 1 amide bonds. The Morgan fingerprint density at radius 2 is 2.28 bits per heavy atom. The molecule has 0 fully saturated rings. The van der Waals surface area contributed by atoms with E-state index < -0.39 is 0 Å². The van der Waals surface area contributed by atoms with Gasteiger partial charge in [-0.15, -0.1) is 0 Å². The zero-order chi connectivity index (χ0) is 12.8. The molecule has 0 unspecified atom stereocenters. The maximum atomic E-state index is 11.6. The van der Waals surface area contributed by atoms with Crippen LogP contribution in [0.5, 0.6) is 11.5 Å². The summed E-state index contributed by atoms with van der Waals surface area (Å²) < 4.78 is 10.4. The third kappa shape index (κ3) is 3.31. The minimum Gasteiger partial charge on any atom is -0.454 e. The van der Waals surface area contributed by atoms with Crippen molar-refractivity contribution in [2.45, 2.75) is 6.42 Å². The topological polar surface area (TPSA) is 71.4 Å². The molecule has 18 heavy (non-hydrogen) atoms. The van der Waals surface area contributed by atoms with E-state index in [1.807, 2.05) is 6.07 Å². The maximum Gasteiger partial charge on any atom is 0.234 e. The number of amides is 1. The van der Waals surface area contributed by atoms with Crippen molar-refractivity contribution in [2.24, 2.45) is 0 Å². The van der Waals surface area contributed by atoms with Gasteiger partial charge in [0.15, 0.2) is 11.5 Å². The average molecular weight is 264 g/mol. The average Bonchev–Trinajstić information content (AvgIpc) is 2.82. The number of carbonyl (C=O) groups is 1. The third-order valence-electron chi connectivity index (χ3n) is 2.25. The summed E-state index contributed by atoms with van der Waals surface area (Å²) in [5.41, 5.74) is 0.685. The van der Waals surface area contributed by atoms with Gasteiger partial charge in [0.05, 0.1) is 11.8 Å². The minimum atomic E-state index is -0.0863. The molecule has 1 aliphatic rings. The number of benzene rings is 1. The van der Waals surface area contributed by atoms with Gasteiger partial charge in [0.25, 0.3) is 0 Å². The van der Waals surface area contributed by atoms with Gasteiger partial charge >= 0.3 is 0 Å². The quantitative estimate of drug-likeness (QED) is 0.823. The Morgan fingerprint density at radius 1 is 1.44 bits per heavy atom. The van der Waals surface area contributed by atoms with Gasteiger partial charge in [-0.05, 0) is 12.1 Å². The summed E-state index contributed by atoms with van der Waals surface area (Å²) in [5, 5.41) is 11.1. The lowest BCUT2D eigenvalue weighted by atomic mass is 10.3. The fourth-order valence-electron chi connectivity index (χ4n) is 1.45. The van der Waals surface area contributed by atoms with Crippen LogP contribution in [0.15, 0.2) is 18.2 Å². The van der Waals surface area contributed by atoms with Gasteiger partial charge < -0.3 is 14.8 Å². The highest BCUT2D eigenvalue weighted by Gasteiger charge is 2.13. The molecule has 0 saturated carbocycles. The Morgan fingerprint density at radius 3 is 3.11 bits per heavy atom. The Labute approximate surface area is 109 Å². The number of hydrogen-bond donors (Lipinski definition) is 1. The molecule has 1 aromatic rings. The fraction of sp³-hybridized carbons (Fsp3) is 0.333. The maximum absolute atomic E-state index is 11.6. The zero-order valence-electron chi connectivity index (χ0n) is 9.64. The first kappa shape index (κ1) is 12.6. The van der Waals surface area contributed by atoms with Gasteiger partial charge in [-0.2, -0.15) is 17.0 Å². The van der Waals surface area contributed by atoms with Gasteiger partial charge in [0.2, 0.25) is 12.7 Å². The number of nitrogens with zero attached hydrogens (tertiary/aromatic N) is 1. The van der Waals surface area contributed by atoms with Gasteiger partial charge in [0.1, 0.15) is 0 Å². The Balaban J connectivity index is 1.82. The molecule has 1 aromatic carbocycles. The third-order valence-corrected chi connectivity index (χ3v) is 3.21. The molecule has 0 spiro atoms. The van der Waals surface area contributed by atoms with Crippen LogP contribution in [0.3, 0.4) is 0 Å². The molecule has 0 aliphatic carbocycles. The van der Waals surface area contributed by atoms with Gasteiger partial charge in [-0.1, -0.05) is 0 Å². The fourth-order valence-corrected chi connectivity index (χ4v) is 2.09. The molecular weight excluding hydrogens is 252 g/mol. The zero-order valence-corrected chi connectivity index (χ0v) is 10.5. The van der Waals surface area contributed by atoms with Crippen LogP contribution < -0.4 is 14.8 Å². The molecule has 0 radical (unpaired) electrons. The smallest absolute Gasteiger partial charge is 0.234 e. The summed E-state index contributed by atoms with van der Waals surface area (Å²) in [6, 6.07) is 7.31. The van der Waals surface area contributed by atoms with E-state index in [0.717, 1.165) is 0 Å². The van der Waals surface area contributed by atoms with E-state index in [1.165, 1.54) is 11.8 Å². The second kappa shape index (κ2) is 6.17. The number of nitriles is 1. The summed E-state index contributed by atoms with van der Waals surface area (Å²) in [4.78, 5) is 11.6. The first-order valence-electron chi connectivity index (χ1n) is 5.44.